The Morgan fingerprint density at radius 1 is 1.18 bits per heavy atom. The Hall–Kier alpha value is -2.19. The second kappa shape index (κ2) is 10.2. The molecular weight excluding hydrogens is 440 g/mol. The van der Waals surface area contributed by atoms with Crippen molar-refractivity contribution in [3.05, 3.63) is 23.4 Å². The van der Waals surface area contributed by atoms with Crippen LogP contribution in [0.4, 0.5) is 14.5 Å². The standard InChI is InChI=1S/C26H35F2N3O3/c1-16-10-19-21(11-16)30-22-13-24(23(32-2)12-20(22)25(19)29-14-17-4-5-17)33-9-3-7-31-8-6-18(15-31)34-26(27)28/h12-13,16-18,26H,3-11,14-15H2,1-2H3,(H,29,30). The number of aromatic nitrogens is 1. The Morgan fingerprint density at radius 3 is 2.79 bits per heavy atom. The van der Waals surface area contributed by atoms with Gasteiger partial charge >= 0.3 is 6.61 Å². The van der Waals surface area contributed by atoms with Crippen LogP contribution in [0.2, 0.25) is 0 Å². The number of pyridine rings is 1. The third-order valence-electron chi connectivity index (χ3n) is 7.22. The fourth-order valence-electron chi connectivity index (χ4n) is 5.27. The summed E-state index contributed by atoms with van der Waals surface area (Å²) in [5.74, 6) is 2.80. The summed E-state index contributed by atoms with van der Waals surface area (Å²) < 4.78 is 41.3. The van der Waals surface area contributed by atoms with Crippen LogP contribution >= 0.6 is 0 Å². The summed E-state index contributed by atoms with van der Waals surface area (Å²) in [6.45, 7) is 3.24. The fourth-order valence-corrected chi connectivity index (χ4v) is 5.27. The second-order valence-corrected chi connectivity index (χ2v) is 10.1. The quantitative estimate of drug-likeness (QED) is 0.468. The van der Waals surface area contributed by atoms with Crippen molar-refractivity contribution >= 4 is 16.6 Å². The molecule has 1 aliphatic heterocycles. The molecule has 8 heteroatoms. The van der Waals surface area contributed by atoms with Gasteiger partial charge in [-0.3, -0.25) is 4.98 Å². The van der Waals surface area contributed by atoms with Gasteiger partial charge in [0.25, 0.3) is 0 Å². The largest absolute Gasteiger partial charge is 0.493 e. The van der Waals surface area contributed by atoms with E-state index in [-0.39, 0.29) is 6.10 Å². The van der Waals surface area contributed by atoms with E-state index in [1.165, 1.54) is 29.8 Å². The van der Waals surface area contributed by atoms with Crippen LogP contribution < -0.4 is 14.8 Å². The van der Waals surface area contributed by atoms with E-state index in [9.17, 15) is 8.78 Å². The number of likely N-dealkylation sites (tertiary alicyclic amines) is 1. The minimum atomic E-state index is -2.70. The number of benzene rings is 1. The van der Waals surface area contributed by atoms with Crippen molar-refractivity contribution in [1.82, 2.24) is 9.88 Å². The number of nitrogens with one attached hydrogen (secondary N) is 1. The van der Waals surface area contributed by atoms with E-state index in [1.807, 2.05) is 6.07 Å². The first-order valence-corrected chi connectivity index (χ1v) is 12.6. The van der Waals surface area contributed by atoms with Crippen LogP contribution in [-0.2, 0) is 17.6 Å². The van der Waals surface area contributed by atoms with Gasteiger partial charge in [-0.2, -0.15) is 8.78 Å². The molecule has 1 N–H and O–H groups in total. The van der Waals surface area contributed by atoms with Crippen LogP contribution in [0.5, 0.6) is 11.5 Å². The first-order chi connectivity index (χ1) is 16.5. The molecule has 2 unspecified atom stereocenters. The van der Waals surface area contributed by atoms with Gasteiger partial charge < -0.3 is 24.4 Å². The van der Waals surface area contributed by atoms with Crippen molar-refractivity contribution < 1.29 is 23.0 Å². The number of rotatable bonds is 11. The average molecular weight is 476 g/mol. The number of ether oxygens (including phenoxy) is 3. The highest BCUT2D eigenvalue weighted by Crippen LogP contribution is 2.41. The summed E-state index contributed by atoms with van der Waals surface area (Å²) in [5.41, 5.74) is 4.71. The average Bonchev–Trinajstić information content (AvgIpc) is 3.41. The highest BCUT2D eigenvalue weighted by atomic mass is 19.3. The van der Waals surface area contributed by atoms with Crippen LogP contribution in [0.1, 0.15) is 43.9 Å². The molecule has 0 spiro atoms. The van der Waals surface area contributed by atoms with Crippen molar-refractivity contribution in [2.45, 2.75) is 58.2 Å². The zero-order chi connectivity index (χ0) is 23.7. The molecule has 2 aromatic rings. The summed E-state index contributed by atoms with van der Waals surface area (Å²) in [7, 11) is 1.67. The molecule has 186 valence electrons. The maximum Gasteiger partial charge on any atom is 0.345 e. The molecule has 1 saturated heterocycles. The Kier molecular flexibility index (Phi) is 7.06. The Bertz CT molecular complexity index is 1010. The van der Waals surface area contributed by atoms with Crippen LogP contribution in [0, 0.1) is 11.8 Å². The van der Waals surface area contributed by atoms with Crippen LogP contribution in [0.15, 0.2) is 12.1 Å². The number of halogens is 2. The van der Waals surface area contributed by atoms with Gasteiger partial charge in [0.05, 0.1) is 25.3 Å². The Morgan fingerprint density at radius 2 is 2.03 bits per heavy atom. The molecule has 2 heterocycles. The van der Waals surface area contributed by atoms with Crippen LogP contribution in [-0.4, -0.2) is 62.5 Å². The third-order valence-corrected chi connectivity index (χ3v) is 7.22. The number of methoxy groups -OCH3 is 1. The molecule has 3 aliphatic rings. The minimum Gasteiger partial charge on any atom is -0.493 e. The van der Waals surface area contributed by atoms with Crippen molar-refractivity contribution in [2.24, 2.45) is 11.8 Å². The smallest absolute Gasteiger partial charge is 0.345 e. The van der Waals surface area contributed by atoms with E-state index in [1.54, 1.807) is 7.11 Å². The molecule has 1 aromatic carbocycles. The monoisotopic (exact) mass is 475 g/mol. The zero-order valence-electron chi connectivity index (χ0n) is 20.1. The van der Waals surface area contributed by atoms with E-state index >= 15 is 0 Å². The predicted octanol–water partition coefficient (Wildman–Crippen LogP) is 4.88. The molecule has 6 nitrogen and oxygen atoms in total. The highest BCUT2D eigenvalue weighted by molar-refractivity contribution is 5.96. The Balaban J connectivity index is 1.27. The first-order valence-electron chi connectivity index (χ1n) is 12.6. The number of nitrogens with zero attached hydrogens (tertiary/aromatic N) is 2. The molecule has 2 aliphatic carbocycles. The van der Waals surface area contributed by atoms with Crippen molar-refractivity contribution in [1.29, 1.82) is 0 Å². The first kappa shape index (κ1) is 23.5. The van der Waals surface area contributed by atoms with Gasteiger partial charge in [0, 0.05) is 49.0 Å². The van der Waals surface area contributed by atoms with Crippen molar-refractivity contribution in [3.63, 3.8) is 0 Å². The molecule has 2 fully saturated rings. The molecular formula is C26H35F2N3O3. The molecule has 5 rings (SSSR count). The number of anilines is 1. The minimum absolute atomic E-state index is 0.375. The van der Waals surface area contributed by atoms with Gasteiger partial charge in [0.15, 0.2) is 11.5 Å². The maximum atomic E-state index is 12.4. The zero-order valence-corrected chi connectivity index (χ0v) is 20.1. The molecule has 2 atom stereocenters. The molecule has 1 aromatic heterocycles. The van der Waals surface area contributed by atoms with E-state index in [0.717, 1.165) is 55.7 Å². The summed E-state index contributed by atoms with van der Waals surface area (Å²) in [6, 6.07) is 4.06. The number of hydrogen-bond acceptors (Lipinski definition) is 6. The summed E-state index contributed by atoms with van der Waals surface area (Å²) >= 11 is 0. The number of fused-ring (bicyclic) bond motifs is 2. The Labute approximate surface area is 200 Å². The van der Waals surface area contributed by atoms with Crippen LogP contribution in [0.25, 0.3) is 10.9 Å². The van der Waals surface area contributed by atoms with Gasteiger partial charge in [-0.1, -0.05) is 6.92 Å². The number of hydrogen-bond donors (Lipinski definition) is 1. The predicted molar refractivity (Wildman–Crippen MR) is 128 cm³/mol. The molecule has 1 saturated carbocycles. The highest BCUT2D eigenvalue weighted by Gasteiger charge is 2.28. The van der Waals surface area contributed by atoms with Gasteiger partial charge in [-0.05, 0) is 62.0 Å². The van der Waals surface area contributed by atoms with E-state index in [2.05, 4.69) is 27.9 Å². The van der Waals surface area contributed by atoms with E-state index in [4.69, 9.17) is 14.5 Å². The van der Waals surface area contributed by atoms with Crippen molar-refractivity contribution in [3.8, 4) is 11.5 Å². The maximum absolute atomic E-state index is 12.4. The number of alkyl halides is 2. The van der Waals surface area contributed by atoms with Gasteiger partial charge in [-0.15, -0.1) is 0 Å². The summed E-state index contributed by atoms with van der Waals surface area (Å²) in [6.07, 6.45) is 5.77. The molecule has 34 heavy (non-hydrogen) atoms. The van der Waals surface area contributed by atoms with Crippen LogP contribution in [0.3, 0.4) is 0 Å². The van der Waals surface area contributed by atoms with Gasteiger partial charge in [-0.25, -0.2) is 0 Å². The summed E-state index contributed by atoms with van der Waals surface area (Å²) in [4.78, 5) is 7.16. The van der Waals surface area contributed by atoms with Gasteiger partial charge in [0.1, 0.15) is 0 Å². The summed E-state index contributed by atoms with van der Waals surface area (Å²) in [5, 5.41) is 4.84. The van der Waals surface area contributed by atoms with E-state index in [0.29, 0.717) is 37.0 Å². The van der Waals surface area contributed by atoms with Gasteiger partial charge in [0.2, 0.25) is 0 Å². The third kappa shape index (κ3) is 5.38. The lowest BCUT2D eigenvalue weighted by atomic mass is 10.0. The molecule has 0 bridgehead atoms. The molecule has 0 amide bonds. The second-order valence-electron chi connectivity index (χ2n) is 10.1. The lowest BCUT2D eigenvalue weighted by Gasteiger charge is -2.18. The topological polar surface area (TPSA) is 55.8 Å². The SMILES string of the molecule is COc1cc2c(NCC3CC3)c3c(nc2cc1OCCCN1CCC(OC(F)F)C1)CC(C)C3. The molecule has 0 radical (unpaired) electrons. The van der Waals surface area contributed by atoms with Crippen molar-refractivity contribution in [2.75, 3.05) is 45.2 Å². The van der Waals surface area contributed by atoms with E-state index < -0.39 is 6.61 Å². The lowest BCUT2D eigenvalue weighted by Crippen LogP contribution is -2.26. The normalized spacial score (nSPS) is 22.5. The fraction of sp³-hybridized carbons (Fsp3) is 0.654. The lowest BCUT2D eigenvalue weighted by molar-refractivity contribution is -0.158.